The van der Waals surface area contributed by atoms with Gasteiger partial charge in [0.2, 0.25) is 0 Å². The van der Waals surface area contributed by atoms with Crippen LogP contribution in [0.4, 0.5) is 0 Å². The standard InChI is InChI=1S/C22H24N2S/c1-14-2-4-18(5-3-14)19-13-25-21-23-20(12-24(19)21)22-9-15-6-16(10-22)8-17(7-15)11-22/h2-5,12-13,15-17H,6-11H2,1H3. The second-order valence-electron chi connectivity index (χ2n) is 8.96. The van der Waals surface area contributed by atoms with Crippen molar-refractivity contribution < 1.29 is 0 Å². The summed E-state index contributed by atoms with van der Waals surface area (Å²) in [6, 6.07) is 8.88. The molecule has 3 heteroatoms. The van der Waals surface area contributed by atoms with Crippen LogP contribution in [0.2, 0.25) is 0 Å². The number of nitrogens with zero attached hydrogens (tertiary/aromatic N) is 2. The van der Waals surface area contributed by atoms with Gasteiger partial charge in [-0.15, -0.1) is 11.3 Å². The van der Waals surface area contributed by atoms with Crippen molar-refractivity contribution in [1.82, 2.24) is 9.38 Å². The molecular formula is C22H24N2S. The van der Waals surface area contributed by atoms with E-state index in [-0.39, 0.29) is 0 Å². The van der Waals surface area contributed by atoms with Gasteiger partial charge in [-0.3, -0.25) is 4.40 Å². The molecule has 0 atom stereocenters. The van der Waals surface area contributed by atoms with Gasteiger partial charge in [-0.2, -0.15) is 0 Å². The number of rotatable bonds is 2. The molecule has 4 aliphatic carbocycles. The predicted octanol–water partition coefficient (Wildman–Crippen LogP) is 5.84. The molecule has 0 spiro atoms. The van der Waals surface area contributed by atoms with E-state index >= 15 is 0 Å². The predicted molar refractivity (Wildman–Crippen MR) is 103 cm³/mol. The third-order valence-corrected chi connectivity index (χ3v) is 7.98. The molecule has 4 aliphatic rings. The minimum atomic E-state index is 0.394. The fourth-order valence-electron chi connectivity index (χ4n) is 6.40. The van der Waals surface area contributed by atoms with Crippen LogP contribution in [0.15, 0.2) is 35.8 Å². The second-order valence-corrected chi connectivity index (χ2v) is 9.80. The molecule has 4 bridgehead atoms. The number of benzene rings is 1. The minimum absolute atomic E-state index is 0.394. The average Bonchev–Trinajstić information content (AvgIpc) is 3.15. The van der Waals surface area contributed by atoms with Crippen LogP contribution in [0.1, 0.15) is 49.8 Å². The maximum atomic E-state index is 5.15. The number of fused-ring (bicyclic) bond motifs is 1. The van der Waals surface area contributed by atoms with Crippen LogP contribution in [0.25, 0.3) is 16.2 Å². The highest BCUT2D eigenvalue weighted by Crippen LogP contribution is 2.60. The minimum Gasteiger partial charge on any atom is -0.290 e. The Morgan fingerprint density at radius 1 is 1.00 bits per heavy atom. The van der Waals surface area contributed by atoms with Crippen molar-refractivity contribution in [3.8, 4) is 11.3 Å². The van der Waals surface area contributed by atoms with Crippen LogP contribution in [0.3, 0.4) is 0 Å². The summed E-state index contributed by atoms with van der Waals surface area (Å²) in [5.41, 5.74) is 5.70. The molecule has 0 aliphatic heterocycles. The van der Waals surface area contributed by atoms with Crippen molar-refractivity contribution >= 4 is 16.3 Å². The molecule has 1 aromatic carbocycles. The number of imidazole rings is 1. The molecule has 2 aromatic heterocycles. The summed E-state index contributed by atoms with van der Waals surface area (Å²) in [5.74, 6) is 2.92. The molecule has 4 saturated carbocycles. The van der Waals surface area contributed by atoms with E-state index < -0.39 is 0 Å². The Labute approximate surface area is 152 Å². The molecule has 0 saturated heterocycles. The highest BCUT2D eigenvalue weighted by molar-refractivity contribution is 7.15. The van der Waals surface area contributed by atoms with E-state index in [0.29, 0.717) is 5.41 Å². The average molecular weight is 349 g/mol. The third kappa shape index (κ3) is 2.11. The van der Waals surface area contributed by atoms with Gasteiger partial charge in [0.1, 0.15) is 0 Å². The fraction of sp³-hybridized carbons (Fsp3) is 0.500. The quantitative estimate of drug-likeness (QED) is 0.569. The van der Waals surface area contributed by atoms with E-state index in [4.69, 9.17) is 4.98 Å². The second kappa shape index (κ2) is 4.97. The molecular weight excluding hydrogens is 324 g/mol. The lowest BCUT2D eigenvalue weighted by atomic mass is 9.49. The van der Waals surface area contributed by atoms with Crippen molar-refractivity contribution in [2.24, 2.45) is 17.8 Å². The summed E-state index contributed by atoms with van der Waals surface area (Å²) in [6.07, 6.45) is 11.0. The molecule has 0 unspecified atom stereocenters. The molecule has 0 amide bonds. The monoisotopic (exact) mass is 348 g/mol. The Balaban J connectivity index is 1.45. The van der Waals surface area contributed by atoms with Gasteiger partial charge < -0.3 is 0 Å². The van der Waals surface area contributed by atoms with Gasteiger partial charge in [-0.25, -0.2) is 4.98 Å². The van der Waals surface area contributed by atoms with E-state index in [9.17, 15) is 0 Å². The first kappa shape index (κ1) is 14.5. The molecule has 128 valence electrons. The van der Waals surface area contributed by atoms with Crippen LogP contribution in [0, 0.1) is 24.7 Å². The lowest BCUT2D eigenvalue weighted by molar-refractivity contribution is -0.00696. The molecule has 4 fully saturated rings. The Morgan fingerprint density at radius 2 is 1.64 bits per heavy atom. The zero-order chi connectivity index (χ0) is 16.6. The molecule has 7 rings (SSSR count). The van der Waals surface area contributed by atoms with Crippen LogP contribution >= 0.6 is 11.3 Å². The Kier molecular flexibility index (Phi) is 2.89. The summed E-state index contributed by atoms with van der Waals surface area (Å²) in [4.78, 5) is 6.32. The van der Waals surface area contributed by atoms with Crippen LogP contribution < -0.4 is 0 Å². The smallest absolute Gasteiger partial charge is 0.194 e. The highest BCUT2D eigenvalue weighted by Gasteiger charge is 2.52. The van der Waals surface area contributed by atoms with E-state index in [2.05, 4.69) is 47.2 Å². The summed E-state index contributed by atoms with van der Waals surface area (Å²) in [5, 5.41) is 2.26. The van der Waals surface area contributed by atoms with Gasteiger partial charge in [0, 0.05) is 17.0 Å². The first-order valence-corrected chi connectivity index (χ1v) is 10.6. The molecule has 3 aromatic rings. The van der Waals surface area contributed by atoms with Gasteiger partial charge in [0.05, 0.1) is 11.4 Å². The van der Waals surface area contributed by atoms with Crippen LogP contribution in [0.5, 0.6) is 0 Å². The first-order chi connectivity index (χ1) is 12.2. The maximum absolute atomic E-state index is 5.15. The van der Waals surface area contributed by atoms with E-state index in [1.54, 1.807) is 11.3 Å². The summed E-state index contributed by atoms with van der Waals surface area (Å²) >= 11 is 1.79. The Hall–Kier alpha value is -1.61. The zero-order valence-electron chi connectivity index (χ0n) is 14.7. The summed E-state index contributed by atoms with van der Waals surface area (Å²) in [7, 11) is 0. The molecule has 0 N–H and O–H groups in total. The van der Waals surface area contributed by atoms with Gasteiger partial charge >= 0.3 is 0 Å². The van der Waals surface area contributed by atoms with E-state index in [0.717, 1.165) is 17.8 Å². The van der Waals surface area contributed by atoms with Crippen molar-refractivity contribution in [3.63, 3.8) is 0 Å². The molecule has 0 radical (unpaired) electrons. The number of hydrogen-bond acceptors (Lipinski definition) is 2. The third-order valence-electron chi connectivity index (χ3n) is 7.14. The zero-order valence-corrected chi connectivity index (χ0v) is 15.6. The lowest BCUT2D eigenvalue weighted by Crippen LogP contribution is -2.48. The van der Waals surface area contributed by atoms with Gasteiger partial charge in [-0.1, -0.05) is 29.8 Å². The van der Waals surface area contributed by atoms with Gasteiger partial charge in [0.15, 0.2) is 4.96 Å². The normalized spacial score (nSPS) is 33.4. The first-order valence-electron chi connectivity index (χ1n) is 9.73. The van der Waals surface area contributed by atoms with Gasteiger partial charge in [-0.05, 0) is 68.8 Å². The van der Waals surface area contributed by atoms with Crippen molar-refractivity contribution in [1.29, 1.82) is 0 Å². The Morgan fingerprint density at radius 3 is 2.28 bits per heavy atom. The maximum Gasteiger partial charge on any atom is 0.194 e. The fourth-order valence-corrected chi connectivity index (χ4v) is 7.28. The van der Waals surface area contributed by atoms with Crippen LogP contribution in [-0.2, 0) is 5.41 Å². The molecule has 2 heterocycles. The van der Waals surface area contributed by atoms with Crippen molar-refractivity contribution in [2.45, 2.75) is 50.9 Å². The Bertz CT molecular complexity index is 911. The summed E-state index contributed by atoms with van der Waals surface area (Å²) < 4.78 is 2.35. The van der Waals surface area contributed by atoms with Gasteiger partial charge in [0.25, 0.3) is 0 Å². The van der Waals surface area contributed by atoms with E-state index in [1.807, 2.05) is 0 Å². The number of aryl methyl sites for hydroxylation is 1. The number of thiazole rings is 1. The number of hydrogen-bond donors (Lipinski definition) is 0. The van der Waals surface area contributed by atoms with Crippen molar-refractivity contribution in [3.05, 3.63) is 47.1 Å². The molecule has 2 nitrogen and oxygen atoms in total. The summed E-state index contributed by atoms with van der Waals surface area (Å²) in [6.45, 7) is 2.15. The lowest BCUT2D eigenvalue weighted by Gasteiger charge is -2.56. The van der Waals surface area contributed by atoms with Crippen LogP contribution in [-0.4, -0.2) is 9.38 Å². The topological polar surface area (TPSA) is 17.3 Å². The molecule has 25 heavy (non-hydrogen) atoms. The van der Waals surface area contributed by atoms with E-state index in [1.165, 1.54) is 66.0 Å². The highest BCUT2D eigenvalue weighted by atomic mass is 32.1. The van der Waals surface area contributed by atoms with Crippen molar-refractivity contribution in [2.75, 3.05) is 0 Å². The SMILES string of the molecule is Cc1ccc(-c2csc3nc(C45CC6CC(CC(C6)C4)C5)cn23)cc1. The number of aromatic nitrogens is 2. The largest absolute Gasteiger partial charge is 0.290 e.